The number of nitrogens with zero attached hydrogens (tertiary/aromatic N) is 2. The molecular formula is C18H12BrN3O3S2. The number of phenolic OH excluding ortho intramolecular Hbond substituents is 1. The number of thioether (sulfide) groups is 1. The van der Waals surface area contributed by atoms with E-state index in [4.69, 9.17) is 4.42 Å². The van der Waals surface area contributed by atoms with Crippen molar-refractivity contribution in [2.45, 2.75) is 10.1 Å². The highest BCUT2D eigenvalue weighted by Gasteiger charge is 2.10. The predicted octanol–water partition coefficient (Wildman–Crippen LogP) is 5.15. The summed E-state index contributed by atoms with van der Waals surface area (Å²) in [7, 11) is 0. The summed E-state index contributed by atoms with van der Waals surface area (Å²) < 4.78 is 6.92. The standard InChI is InChI=1S/C18H12BrN3O3S2/c19-11-2-1-3-12(7-11)20-17-21-22-18(27-17)26-9-10-6-16(24)25-15-8-13(23)4-5-14(10)15/h1-8,23H,9H2,(H,20,21). The van der Waals surface area contributed by atoms with E-state index in [1.807, 2.05) is 24.3 Å². The molecule has 0 bridgehead atoms. The largest absolute Gasteiger partial charge is 0.508 e. The molecule has 0 saturated carbocycles. The van der Waals surface area contributed by atoms with Gasteiger partial charge in [0.2, 0.25) is 5.13 Å². The Hall–Kier alpha value is -2.36. The lowest BCUT2D eigenvalue weighted by atomic mass is 10.1. The normalized spacial score (nSPS) is 11.0. The minimum Gasteiger partial charge on any atom is -0.508 e. The van der Waals surface area contributed by atoms with Gasteiger partial charge in [0.1, 0.15) is 11.3 Å². The lowest BCUT2D eigenvalue weighted by molar-refractivity contribution is 0.473. The molecular weight excluding hydrogens is 450 g/mol. The maximum absolute atomic E-state index is 11.8. The van der Waals surface area contributed by atoms with Crippen LogP contribution in [0.2, 0.25) is 0 Å². The number of hydrogen-bond acceptors (Lipinski definition) is 8. The Morgan fingerprint density at radius 1 is 1.19 bits per heavy atom. The van der Waals surface area contributed by atoms with E-state index in [1.54, 1.807) is 12.1 Å². The molecule has 0 aliphatic heterocycles. The second-order valence-corrected chi connectivity index (χ2v) is 8.68. The van der Waals surface area contributed by atoms with Crippen LogP contribution < -0.4 is 10.9 Å². The Labute approximate surface area is 170 Å². The number of nitrogens with one attached hydrogen (secondary N) is 1. The number of benzene rings is 2. The quantitative estimate of drug-likeness (QED) is 0.313. The maximum atomic E-state index is 11.8. The highest BCUT2D eigenvalue weighted by molar-refractivity contribution is 9.10. The van der Waals surface area contributed by atoms with Crippen molar-refractivity contribution in [1.29, 1.82) is 0 Å². The van der Waals surface area contributed by atoms with Crippen LogP contribution >= 0.6 is 39.0 Å². The summed E-state index contributed by atoms with van der Waals surface area (Å²) in [6.45, 7) is 0. The summed E-state index contributed by atoms with van der Waals surface area (Å²) in [6, 6.07) is 14.0. The van der Waals surface area contributed by atoms with Gasteiger partial charge in [-0.15, -0.1) is 10.2 Å². The van der Waals surface area contributed by atoms with E-state index in [2.05, 4.69) is 31.4 Å². The van der Waals surface area contributed by atoms with E-state index in [0.29, 0.717) is 16.5 Å². The monoisotopic (exact) mass is 461 g/mol. The number of aromatic hydroxyl groups is 1. The molecule has 0 radical (unpaired) electrons. The first kappa shape index (κ1) is 18.0. The molecule has 2 aromatic carbocycles. The average Bonchev–Trinajstić information content (AvgIpc) is 3.06. The van der Waals surface area contributed by atoms with E-state index in [-0.39, 0.29) is 5.75 Å². The summed E-state index contributed by atoms with van der Waals surface area (Å²) in [5.41, 5.74) is 1.66. The van der Waals surface area contributed by atoms with Crippen LogP contribution in [-0.2, 0) is 5.75 Å². The molecule has 27 heavy (non-hydrogen) atoms. The summed E-state index contributed by atoms with van der Waals surface area (Å²) in [4.78, 5) is 11.8. The second-order valence-electron chi connectivity index (χ2n) is 5.57. The van der Waals surface area contributed by atoms with Crippen LogP contribution in [0.25, 0.3) is 11.0 Å². The van der Waals surface area contributed by atoms with Crippen molar-refractivity contribution in [3.05, 3.63) is 69.0 Å². The molecule has 0 saturated heterocycles. The number of phenols is 1. The number of hydrogen-bond donors (Lipinski definition) is 2. The van der Waals surface area contributed by atoms with Gasteiger partial charge in [0, 0.05) is 33.4 Å². The van der Waals surface area contributed by atoms with Crippen LogP contribution in [0.1, 0.15) is 5.56 Å². The number of halogens is 1. The SMILES string of the molecule is O=c1cc(CSc2nnc(Nc3cccc(Br)c3)s2)c2ccc(O)cc2o1. The van der Waals surface area contributed by atoms with Crippen LogP contribution in [0.4, 0.5) is 10.8 Å². The molecule has 0 unspecified atom stereocenters. The van der Waals surface area contributed by atoms with E-state index >= 15 is 0 Å². The minimum absolute atomic E-state index is 0.0582. The number of fused-ring (bicyclic) bond motifs is 1. The smallest absolute Gasteiger partial charge is 0.336 e. The lowest BCUT2D eigenvalue weighted by Gasteiger charge is -2.04. The van der Waals surface area contributed by atoms with E-state index in [9.17, 15) is 9.90 Å². The molecule has 0 aliphatic carbocycles. The Morgan fingerprint density at radius 2 is 2.07 bits per heavy atom. The molecule has 2 aromatic heterocycles. The zero-order chi connectivity index (χ0) is 18.8. The van der Waals surface area contributed by atoms with Gasteiger partial charge in [0.25, 0.3) is 0 Å². The fraction of sp³-hybridized carbons (Fsp3) is 0.0556. The van der Waals surface area contributed by atoms with Gasteiger partial charge in [0.15, 0.2) is 4.34 Å². The molecule has 0 spiro atoms. The molecule has 2 N–H and O–H groups in total. The van der Waals surface area contributed by atoms with E-state index < -0.39 is 5.63 Å². The highest BCUT2D eigenvalue weighted by atomic mass is 79.9. The first-order chi connectivity index (χ1) is 13.1. The Balaban J connectivity index is 1.50. The van der Waals surface area contributed by atoms with Gasteiger partial charge >= 0.3 is 5.63 Å². The first-order valence-corrected chi connectivity index (χ1v) is 10.4. The fourth-order valence-electron chi connectivity index (χ4n) is 2.49. The van der Waals surface area contributed by atoms with Gasteiger partial charge in [-0.2, -0.15) is 0 Å². The predicted molar refractivity (Wildman–Crippen MR) is 111 cm³/mol. The average molecular weight is 462 g/mol. The number of aromatic nitrogens is 2. The van der Waals surface area contributed by atoms with Crippen molar-refractivity contribution in [3.63, 3.8) is 0 Å². The lowest BCUT2D eigenvalue weighted by Crippen LogP contribution is -1.99. The van der Waals surface area contributed by atoms with Crippen molar-refractivity contribution in [1.82, 2.24) is 10.2 Å². The first-order valence-electron chi connectivity index (χ1n) is 7.81. The maximum Gasteiger partial charge on any atom is 0.336 e. The van der Waals surface area contributed by atoms with Crippen molar-refractivity contribution in [3.8, 4) is 5.75 Å². The summed E-state index contributed by atoms with van der Waals surface area (Å²) >= 11 is 6.36. The van der Waals surface area contributed by atoms with Crippen molar-refractivity contribution < 1.29 is 9.52 Å². The molecule has 2 heterocycles. The third-order valence-corrected chi connectivity index (χ3v) is 6.16. The topological polar surface area (TPSA) is 88.2 Å². The molecule has 4 rings (SSSR count). The fourth-order valence-corrected chi connectivity index (χ4v) is 4.65. The molecule has 9 heteroatoms. The molecule has 6 nitrogen and oxygen atoms in total. The van der Waals surface area contributed by atoms with Crippen molar-refractivity contribution in [2.24, 2.45) is 0 Å². The van der Waals surface area contributed by atoms with Crippen LogP contribution in [0.3, 0.4) is 0 Å². The van der Waals surface area contributed by atoms with Gasteiger partial charge < -0.3 is 14.8 Å². The Kier molecular flexibility index (Phi) is 5.15. The van der Waals surface area contributed by atoms with Crippen LogP contribution in [0.5, 0.6) is 5.75 Å². The number of rotatable bonds is 5. The summed E-state index contributed by atoms with van der Waals surface area (Å²) in [5.74, 6) is 0.598. The van der Waals surface area contributed by atoms with Gasteiger partial charge in [0.05, 0.1) is 0 Å². The number of anilines is 2. The molecule has 4 aromatic rings. The minimum atomic E-state index is -0.446. The van der Waals surface area contributed by atoms with Crippen molar-refractivity contribution >= 4 is 60.8 Å². The molecule has 0 amide bonds. The van der Waals surface area contributed by atoms with Crippen LogP contribution in [0, 0.1) is 0 Å². The van der Waals surface area contributed by atoms with Crippen molar-refractivity contribution in [2.75, 3.05) is 5.32 Å². The van der Waals surface area contributed by atoms with Gasteiger partial charge in [-0.3, -0.25) is 0 Å². The zero-order valence-corrected chi connectivity index (χ0v) is 16.9. The third-order valence-electron chi connectivity index (χ3n) is 3.65. The van der Waals surface area contributed by atoms with Gasteiger partial charge in [-0.05, 0) is 35.9 Å². The summed E-state index contributed by atoms with van der Waals surface area (Å²) in [5, 5.41) is 22.6. The zero-order valence-electron chi connectivity index (χ0n) is 13.7. The summed E-state index contributed by atoms with van der Waals surface area (Å²) in [6.07, 6.45) is 0. The van der Waals surface area contributed by atoms with Gasteiger partial charge in [-0.25, -0.2) is 4.79 Å². The Morgan fingerprint density at radius 3 is 2.93 bits per heavy atom. The molecule has 136 valence electrons. The molecule has 0 fully saturated rings. The highest BCUT2D eigenvalue weighted by Crippen LogP contribution is 2.32. The molecule has 0 aliphatic rings. The van der Waals surface area contributed by atoms with Crippen LogP contribution in [-0.4, -0.2) is 15.3 Å². The van der Waals surface area contributed by atoms with E-state index in [1.165, 1.54) is 35.2 Å². The third kappa shape index (κ3) is 4.32. The van der Waals surface area contributed by atoms with Crippen LogP contribution in [0.15, 0.2) is 66.6 Å². The molecule has 0 atom stereocenters. The van der Waals surface area contributed by atoms with E-state index in [0.717, 1.165) is 25.4 Å². The van der Waals surface area contributed by atoms with Gasteiger partial charge in [-0.1, -0.05) is 45.1 Å². The Bertz CT molecular complexity index is 1180. The second kappa shape index (κ2) is 7.71.